The predicted octanol–water partition coefficient (Wildman–Crippen LogP) is 2.21. The Morgan fingerprint density at radius 2 is 1.68 bits per heavy atom. The van der Waals surface area contributed by atoms with E-state index in [1.54, 1.807) is 12.1 Å². The van der Waals surface area contributed by atoms with E-state index < -0.39 is 5.97 Å². The highest BCUT2D eigenvalue weighted by Gasteiger charge is 2.10. The van der Waals surface area contributed by atoms with Crippen molar-refractivity contribution in [3.8, 4) is 0 Å². The Kier molecular flexibility index (Phi) is 8.58. The van der Waals surface area contributed by atoms with Crippen LogP contribution in [0.25, 0.3) is 0 Å². The van der Waals surface area contributed by atoms with Gasteiger partial charge in [0.1, 0.15) is 0 Å². The fourth-order valence-electron chi connectivity index (χ4n) is 2.37. The molecule has 0 radical (unpaired) electrons. The molecule has 0 aliphatic rings. The van der Waals surface area contributed by atoms with Gasteiger partial charge in [-0.2, -0.15) is 0 Å². The van der Waals surface area contributed by atoms with Gasteiger partial charge in [-0.3, -0.25) is 4.79 Å². The van der Waals surface area contributed by atoms with Crippen LogP contribution in [0.4, 0.5) is 0 Å². The second kappa shape index (κ2) is 10.2. The molecule has 6 nitrogen and oxygen atoms in total. The van der Waals surface area contributed by atoms with Crippen LogP contribution in [0.5, 0.6) is 0 Å². The van der Waals surface area contributed by atoms with Crippen LogP contribution in [0.2, 0.25) is 0 Å². The van der Waals surface area contributed by atoms with Gasteiger partial charge in [0.15, 0.2) is 0 Å². The summed E-state index contributed by atoms with van der Waals surface area (Å²) in [5.41, 5.74) is 0.651. The molecule has 1 amide bonds. The topological polar surface area (TPSA) is 81.7 Å². The molecule has 0 unspecified atom stereocenters. The summed E-state index contributed by atoms with van der Waals surface area (Å²) in [6, 6.07) is 6.07. The first-order chi connectivity index (χ1) is 11.7. The number of hydrogen-bond donors (Lipinski definition) is 3. The van der Waals surface area contributed by atoms with Gasteiger partial charge in [0.05, 0.1) is 5.56 Å². The average Bonchev–Trinajstić information content (AvgIpc) is 2.54. The number of nitrogens with one attached hydrogen (secondary N) is 2. The molecular weight excluding hydrogens is 318 g/mol. The Morgan fingerprint density at radius 1 is 1.08 bits per heavy atom. The molecule has 0 atom stereocenters. The zero-order valence-electron chi connectivity index (χ0n) is 15.8. The van der Waals surface area contributed by atoms with E-state index in [9.17, 15) is 9.59 Å². The number of nitrogens with zero attached hydrogens (tertiary/aromatic N) is 1. The molecule has 1 aromatic carbocycles. The van der Waals surface area contributed by atoms with Gasteiger partial charge in [-0.25, -0.2) is 4.79 Å². The van der Waals surface area contributed by atoms with E-state index in [4.69, 9.17) is 5.11 Å². The maximum Gasteiger partial charge on any atom is 0.335 e. The average molecular weight is 349 g/mol. The fourth-order valence-corrected chi connectivity index (χ4v) is 2.37. The lowest BCUT2D eigenvalue weighted by Crippen LogP contribution is -2.37. The number of carbonyl (C=O) groups excluding carboxylic acids is 1. The van der Waals surface area contributed by atoms with Crippen LogP contribution in [0, 0.1) is 0 Å². The van der Waals surface area contributed by atoms with Crippen molar-refractivity contribution in [2.75, 3.05) is 33.2 Å². The van der Waals surface area contributed by atoms with Gasteiger partial charge < -0.3 is 20.6 Å². The Hall–Kier alpha value is -1.92. The molecule has 0 aliphatic heterocycles. The molecule has 0 saturated carbocycles. The van der Waals surface area contributed by atoms with Crippen LogP contribution in [-0.2, 0) is 0 Å². The van der Waals surface area contributed by atoms with Crippen molar-refractivity contribution in [3.63, 3.8) is 0 Å². The molecule has 0 saturated heterocycles. The normalized spacial score (nSPS) is 11.6. The molecule has 0 heterocycles. The Balaban J connectivity index is 2.21. The van der Waals surface area contributed by atoms with E-state index in [0.29, 0.717) is 12.1 Å². The third-order valence-corrected chi connectivity index (χ3v) is 3.75. The predicted molar refractivity (Wildman–Crippen MR) is 100 cm³/mol. The zero-order valence-corrected chi connectivity index (χ0v) is 15.8. The maximum absolute atomic E-state index is 12.0. The smallest absolute Gasteiger partial charge is 0.335 e. The van der Waals surface area contributed by atoms with Crippen molar-refractivity contribution in [1.29, 1.82) is 0 Å². The lowest BCUT2D eigenvalue weighted by Gasteiger charge is -2.22. The van der Waals surface area contributed by atoms with Crippen molar-refractivity contribution in [1.82, 2.24) is 15.5 Å². The highest BCUT2D eigenvalue weighted by atomic mass is 16.4. The van der Waals surface area contributed by atoms with Crippen LogP contribution in [0.15, 0.2) is 24.3 Å². The molecule has 1 rings (SSSR count). The van der Waals surface area contributed by atoms with Crippen molar-refractivity contribution in [2.45, 2.75) is 39.2 Å². The van der Waals surface area contributed by atoms with Crippen LogP contribution in [-0.4, -0.2) is 60.6 Å². The fraction of sp³-hybridized carbons (Fsp3) is 0.579. The SMILES string of the molecule is CN(CCCNC(=O)c1cccc(C(=O)O)c1)CCCNC(C)(C)C. The van der Waals surface area contributed by atoms with Gasteiger partial charge in [-0.05, 0) is 78.5 Å². The lowest BCUT2D eigenvalue weighted by atomic mass is 10.1. The summed E-state index contributed by atoms with van der Waals surface area (Å²) in [6.07, 6.45) is 1.94. The van der Waals surface area contributed by atoms with Gasteiger partial charge in [-0.15, -0.1) is 0 Å². The minimum atomic E-state index is -1.03. The van der Waals surface area contributed by atoms with Crippen molar-refractivity contribution in [3.05, 3.63) is 35.4 Å². The largest absolute Gasteiger partial charge is 0.478 e. The maximum atomic E-state index is 12.0. The first kappa shape index (κ1) is 21.1. The van der Waals surface area contributed by atoms with Crippen LogP contribution in [0.3, 0.4) is 0 Å². The quantitative estimate of drug-likeness (QED) is 0.564. The van der Waals surface area contributed by atoms with E-state index in [1.807, 2.05) is 0 Å². The Labute approximate surface area is 150 Å². The molecule has 3 N–H and O–H groups in total. The third-order valence-electron chi connectivity index (χ3n) is 3.75. The van der Waals surface area contributed by atoms with E-state index in [1.165, 1.54) is 12.1 Å². The molecule has 0 spiro atoms. The summed E-state index contributed by atoms with van der Waals surface area (Å²) in [7, 11) is 2.08. The van der Waals surface area contributed by atoms with E-state index in [0.717, 1.165) is 32.5 Å². The molecule has 0 bridgehead atoms. The van der Waals surface area contributed by atoms with Gasteiger partial charge >= 0.3 is 5.97 Å². The molecule has 6 heteroatoms. The monoisotopic (exact) mass is 349 g/mol. The number of benzene rings is 1. The van der Waals surface area contributed by atoms with E-state index in [-0.39, 0.29) is 17.0 Å². The van der Waals surface area contributed by atoms with Gasteiger partial charge in [0.25, 0.3) is 5.91 Å². The molecule has 0 aromatic heterocycles. The molecule has 0 fully saturated rings. The summed E-state index contributed by atoms with van der Waals surface area (Å²) >= 11 is 0. The van der Waals surface area contributed by atoms with E-state index >= 15 is 0 Å². The van der Waals surface area contributed by atoms with Gasteiger partial charge in [0.2, 0.25) is 0 Å². The Morgan fingerprint density at radius 3 is 2.28 bits per heavy atom. The van der Waals surface area contributed by atoms with Crippen LogP contribution in [0.1, 0.15) is 54.3 Å². The highest BCUT2D eigenvalue weighted by molar-refractivity contribution is 5.97. The number of aromatic carboxylic acids is 1. The number of amides is 1. The third kappa shape index (κ3) is 9.22. The van der Waals surface area contributed by atoms with E-state index in [2.05, 4.69) is 43.4 Å². The molecule has 0 aliphatic carbocycles. The first-order valence-corrected chi connectivity index (χ1v) is 8.74. The molecule has 1 aromatic rings. The molecule has 140 valence electrons. The standard InChI is InChI=1S/C19H31N3O3/c1-19(2,3)21-11-7-13-22(4)12-6-10-20-17(23)15-8-5-9-16(14-15)18(24)25/h5,8-9,14,21H,6-7,10-13H2,1-4H3,(H,20,23)(H,24,25). The second-order valence-corrected chi connectivity index (χ2v) is 7.33. The van der Waals surface area contributed by atoms with Crippen molar-refractivity contribution < 1.29 is 14.7 Å². The summed E-state index contributed by atoms with van der Waals surface area (Å²) in [4.78, 5) is 25.2. The first-order valence-electron chi connectivity index (χ1n) is 8.74. The van der Waals surface area contributed by atoms with Gasteiger partial charge in [0, 0.05) is 17.6 Å². The summed E-state index contributed by atoms with van der Waals surface area (Å²) < 4.78 is 0. The lowest BCUT2D eigenvalue weighted by molar-refractivity contribution is 0.0697. The van der Waals surface area contributed by atoms with Crippen molar-refractivity contribution in [2.24, 2.45) is 0 Å². The highest BCUT2D eigenvalue weighted by Crippen LogP contribution is 2.05. The minimum Gasteiger partial charge on any atom is -0.478 e. The van der Waals surface area contributed by atoms with Gasteiger partial charge in [-0.1, -0.05) is 6.07 Å². The summed E-state index contributed by atoms with van der Waals surface area (Å²) in [5, 5.41) is 15.3. The molecule has 25 heavy (non-hydrogen) atoms. The Bertz CT molecular complexity index is 567. The van der Waals surface area contributed by atoms with Crippen LogP contribution >= 0.6 is 0 Å². The number of hydrogen-bond acceptors (Lipinski definition) is 4. The van der Waals surface area contributed by atoms with Crippen LogP contribution < -0.4 is 10.6 Å². The molecular formula is C19H31N3O3. The van der Waals surface area contributed by atoms with Crippen molar-refractivity contribution >= 4 is 11.9 Å². The zero-order chi connectivity index (χ0) is 18.9. The number of carboxylic acid groups (broad SMARTS) is 1. The minimum absolute atomic E-state index is 0.122. The number of carbonyl (C=O) groups is 2. The second-order valence-electron chi connectivity index (χ2n) is 7.33. The summed E-state index contributed by atoms with van der Waals surface area (Å²) in [6.45, 7) is 9.95. The summed E-state index contributed by atoms with van der Waals surface area (Å²) in [5.74, 6) is -1.27. The number of carboxylic acids is 1. The number of rotatable bonds is 10.